The zero-order valence-corrected chi connectivity index (χ0v) is 13.5. The van der Waals surface area contributed by atoms with E-state index < -0.39 is 5.97 Å². The molecule has 2 unspecified atom stereocenters. The topological polar surface area (TPSA) is 53.7 Å². The highest BCUT2D eigenvalue weighted by atomic mass is 32.1. The number of furan rings is 1. The number of carboxylic acids is 1. The van der Waals surface area contributed by atoms with Gasteiger partial charge in [0.05, 0.1) is 12.2 Å². The summed E-state index contributed by atoms with van der Waals surface area (Å²) >= 11 is 1.79. The second kappa shape index (κ2) is 6.67. The van der Waals surface area contributed by atoms with E-state index in [2.05, 4.69) is 24.0 Å². The second-order valence-electron chi connectivity index (χ2n) is 5.75. The van der Waals surface area contributed by atoms with Gasteiger partial charge in [-0.25, -0.2) is 0 Å². The van der Waals surface area contributed by atoms with Crippen LogP contribution in [0.1, 0.15) is 41.3 Å². The van der Waals surface area contributed by atoms with Crippen molar-refractivity contribution in [2.75, 3.05) is 13.1 Å². The van der Waals surface area contributed by atoms with Crippen molar-refractivity contribution in [1.82, 2.24) is 4.90 Å². The first-order valence-electron chi connectivity index (χ1n) is 7.78. The Kier molecular flexibility index (Phi) is 4.64. The van der Waals surface area contributed by atoms with Gasteiger partial charge in [0.2, 0.25) is 0 Å². The van der Waals surface area contributed by atoms with Crippen molar-refractivity contribution in [3.63, 3.8) is 0 Å². The second-order valence-corrected chi connectivity index (χ2v) is 6.95. The van der Waals surface area contributed by atoms with Gasteiger partial charge < -0.3 is 9.52 Å². The molecule has 0 aromatic carbocycles. The molecule has 0 amide bonds. The summed E-state index contributed by atoms with van der Waals surface area (Å²) in [5, 5.41) is 9.33. The molecule has 2 aromatic heterocycles. The van der Waals surface area contributed by atoms with Crippen molar-refractivity contribution in [1.29, 1.82) is 0 Å². The van der Waals surface area contributed by atoms with E-state index in [1.165, 1.54) is 9.75 Å². The highest BCUT2D eigenvalue weighted by molar-refractivity contribution is 7.12. The van der Waals surface area contributed by atoms with Crippen LogP contribution >= 0.6 is 11.3 Å². The van der Waals surface area contributed by atoms with E-state index in [4.69, 9.17) is 4.42 Å². The third kappa shape index (κ3) is 3.10. The number of piperidine rings is 1. The molecule has 1 saturated heterocycles. The molecular weight excluding hydrogens is 298 g/mol. The molecule has 1 fully saturated rings. The van der Waals surface area contributed by atoms with Crippen molar-refractivity contribution >= 4 is 17.3 Å². The van der Waals surface area contributed by atoms with E-state index in [1.807, 2.05) is 12.1 Å². The molecule has 2 atom stereocenters. The lowest BCUT2D eigenvalue weighted by atomic mass is 9.96. The fourth-order valence-corrected chi connectivity index (χ4v) is 4.22. The molecule has 2 aromatic rings. The van der Waals surface area contributed by atoms with Gasteiger partial charge in [-0.05, 0) is 50.1 Å². The summed E-state index contributed by atoms with van der Waals surface area (Å²) in [6.07, 6.45) is 4.39. The molecule has 1 aliphatic rings. The Balaban J connectivity index is 1.90. The monoisotopic (exact) mass is 319 g/mol. The Morgan fingerprint density at radius 3 is 3.00 bits per heavy atom. The van der Waals surface area contributed by atoms with Crippen LogP contribution in [-0.4, -0.2) is 29.1 Å². The van der Waals surface area contributed by atoms with Crippen LogP contribution in [0.4, 0.5) is 0 Å². The molecule has 0 spiro atoms. The maximum absolute atomic E-state index is 11.3. The summed E-state index contributed by atoms with van der Waals surface area (Å²) in [6, 6.07) is 8.23. The number of nitrogens with zero attached hydrogens (tertiary/aromatic N) is 1. The van der Waals surface area contributed by atoms with Crippen LogP contribution in [0.3, 0.4) is 0 Å². The van der Waals surface area contributed by atoms with Gasteiger partial charge in [0.15, 0.2) is 0 Å². The van der Waals surface area contributed by atoms with E-state index in [0.717, 1.165) is 31.6 Å². The number of aryl methyl sites for hydroxylation is 1. The maximum Gasteiger partial charge on any atom is 0.307 e. The SMILES string of the molecule is CCc1ccc(C(c2ccco2)N2CCCC(C(=O)O)C2)s1. The quantitative estimate of drug-likeness (QED) is 0.911. The molecular formula is C17H21NO3S. The fourth-order valence-electron chi connectivity index (χ4n) is 3.12. The minimum absolute atomic E-state index is 0.0300. The van der Waals surface area contributed by atoms with Gasteiger partial charge in [0.25, 0.3) is 0 Å². The van der Waals surface area contributed by atoms with E-state index in [1.54, 1.807) is 17.6 Å². The highest BCUT2D eigenvalue weighted by Crippen LogP contribution is 2.36. The average molecular weight is 319 g/mol. The molecule has 1 aliphatic heterocycles. The van der Waals surface area contributed by atoms with E-state index in [-0.39, 0.29) is 12.0 Å². The lowest BCUT2D eigenvalue weighted by Crippen LogP contribution is -2.41. The molecule has 3 heterocycles. The number of hydrogen-bond donors (Lipinski definition) is 1. The normalized spacial score (nSPS) is 20.9. The van der Waals surface area contributed by atoms with Crippen LogP contribution in [0, 0.1) is 5.92 Å². The first-order chi connectivity index (χ1) is 10.7. The predicted octanol–water partition coefficient (Wildman–Crippen LogP) is 3.79. The largest absolute Gasteiger partial charge is 0.481 e. The number of hydrogen-bond acceptors (Lipinski definition) is 4. The number of carboxylic acid groups (broad SMARTS) is 1. The van der Waals surface area contributed by atoms with Gasteiger partial charge in [-0.15, -0.1) is 11.3 Å². The molecule has 118 valence electrons. The summed E-state index contributed by atoms with van der Waals surface area (Å²) in [6.45, 7) is 3.65. The van der Waals surface area contributed by atoms with Crippen LogP contribution in [0.2, 0.25) is 0 Å². The number of carbonyl (C=O) groups is 1. The maximum atomic E-state index is 11.3. The molecule has 1 N–H and O–H groups in total. The Morgan fingerprint density at radius 2 is 2.36 bits per heavy atom. The van der Waals surface area contributed by atoms with Crippen LogP contribution in [0.5, 0.6) is 0 Å². The molecule has 3 rings (SSSR count). The van der Waals surface area contributed by atoms with E-state index in [9.17, 15) is 9.90 Å². The fraction of sp³-hybridized carbons (Fsp3) is 0.471. The molecule has 0 radical (unpaired) electrons. The molecule has 0 aliphatic carbocycles. The van der Waals surface area contributed by atoms with Crippen molar-refractivity contribution in [3.8, 4) is 0 Å². The smallest absolute Gasteiger partial charge is 0.307 e. The van der Waals surface area contributed by atoms with Gasteiger partial charge in [0, 0.05) is 16.3 Å². The third-order valence-corrected chi connectivity index (χ3v) is 5.56. The first kappa shape index (κ1) is 15.3. The van der Waals surface area contributed by atoms with Crippen molar-refractivity contribution in [2.24, 2.45) is 5.92 Å². The molecule has 0 saturated carbocycles. The Hall–Kier alpha value is -1.59. The van der Waals surface area contributed by atoms with Gasteiger partial charge in [0.1, 0.15) is 11.8 Å². The molecule has 0 bridgehead atoms. The van der Waals surface area contributed by atoms with Crippen LogP contribution in [0.15, 0.2) is 34.9 Å². The van der Waals surface area contributed by atoms with E-state index >= 15 is 0 Å². The lowest BCUT2D eigenvalue weighted by Gasteiger charge is -2.35. The highest BCUT2D eigenvalue weighted by Gasteiger charge is 2.33. The minimum atomic E-state index is -0.691. The van der Waals surface area contributed by atoms with Crippen LogP contribution < -0.4 is 0 Å². The van der Waals surface area contributed by atoms with Crippen molar-refractivity contribution in [3.05, 3.63) is 46.0 Å². The molecule has 22 heavy (non-hydrogen) atoms. The summed E-state index contributed by atoms with van der Waals surface area (Å²) in [4.78, 5) is 16.2. The summed E-state index contributed by atoms with van der Waals surface area (Å²) < 4.78 is 5.66. The zero-order chi connectivity index (χ0) is 15.5. The Labute approximate surface area is 134 Å². The van der Waals surface area contributed by atoms with Gasteiger partial charge >= 0.3 is 5.97 Å². The molecule has 5 heteroatoms. The summed E-state index contributed by atoms with van der Waals surface area (Å²) in [5.41, 5.74) is 0. The van der Waals surface area contributed by atoms with Crippen LogP contribution in [0.25, 0.3) is 0 Å². The minimum Gasteiger partial charge on any atom is -0.481 e. The Bertz CT molecular complexity index is 620. The average Bonchev–Trinajstić information content (AvgIpc) is 3.20. The molecule has 4 nitrogen and oxygen atoms in total. The first-order valence-corrected chi connectivity index (χ1v) is 8.59. The zero-order valence-electron chi connectivity index (χ0n) is 12.7. The number of likely N-dealkylation sites (tertiary alicyclic amines) is 1. The van der Waals surface area contributed by atoms with E-state index in [0.29, 0.717) is 6.54 Å². The van der Waals surface area contributed by atoms with Gasteiger partial charge in [-0.3, -0.25) is 9.69 Å². The summed E-state index contributed by atoms with van der Waals surface area (Å²) in [7, 11) is 0. The number of thiophene rings is 1. The predicted molar refractivity (Wildman–Crippen MR) is 86.2 cm³/mol. The lowest BCUT2D eigenvalue weighted by molar-refractivity contribution is -0.143. The Morgan fingerprint density at radius 1 is 1.50 bits per heavy atom. The van der Waals surface area contributed by atoms with Crippen molar-refractivity contribution in [2.45, 2.75) is 32.2 Å². The number of aliphatic carboxylic acids is 1. The van der Waals surface area contributed by atoms with Gasteiger partial charge in [-0.2, -0.15) is 0 Å². The number of rotatable bonds is 5. The van der Waals surface area contributed by atoms with Crippen LogP contribution in [-0.2, 0) is 11.2 Å². The third-order valence-electron chi connectivity index (χ3n) is 4.28. The summed E-state index contributed by atoms with van der Waals surface area (Å²) in [5.74, 6) is -0.0734. The van der Waals surface area contributed by atoms with Gasteiger partial charge in [-0.1, -0.05) is 6.92 Å². The standard InChI is InChI=1S/C17H21NO3S/c1-2-13-7-8-15(22-13)16(14-6-4-10-21-14)18-9-3-5-12(11-18)17(19)20/h4,6-8,10,12,16H,2-3,5,9,11H2,1H3,(H,19,20). The van der Waals surface area contributed by atoms with Crippen molar-refractivity contribution < 1.29 is 14.3 Å².